The van der Waals surface area contributed by atoms with Gasteiger partial charge in [0.15, 0.2) is 0 Å². The van der Waals surface area contributed by atoms with Crippen LogP contribution in [0.3, 0.4) is 0 Å². The van der Waals surface area contributed by atoms with Crippen LogP contribution in [0.2, 0.25) is 5.02 Å². The summed E-state index contributed by atoms with van der Waals surface area (Å²) in [5.41, 5.74) is 1.56. The van der Waals surface area contributed by atoms with Crippen LogP contribution in [0, 0.1) is 0 Å². The van der Waals surface area contributed by atoms with E-state index < -0.39 is 5.97 Å². The van der Waals surface area contributed by atoms with E-state index in [1.165, 1.54) is 23.9 Å². The monoisotopic (exact) mass is 468 g/mol. The molecule has 1 aliphatic heterocycles. The molecule has 8 heteroatoms. The number of amides is 1. The molecule has 4 rings (SSSR count). The van der Waals surface area contributed by atoms with E-state index in [0.29, 0.717) is 39.3 Å². The molecule has 0 N–H and O–H groups in total. The Balaban J connectivity index is 1.50. The van der Waals surface area contributed by atoms with Crippen molar-refractivity contribution in [2.75, 3.05) is 6.54 Å². The van der Waals surface area contributed by atoms with E-state index in [1.807, 2.05) is 30.3 Å². The van der Waals surface area contributed by atoms with Crippen LogP contribution in [0.4, 0.5) is 0 Å². The molecule has 1 aromatic heterocycles. The van der Waals surface area contributed by atoms with Crippen molar-refractivity contribution in [2.45, 2.75) is 6.42 Å². The van der Waals surface area contributed by atoms with Crippen LogP contribution in [-0.2, 0) is 11.2 Å². The average molecular weight is 469 g/mol. The van der Waals surface area contributed by atoms with Gasteiger partial charge in [0.25, 0.3) is 5.91 Å². The highest BCUT2D eigenvalue weighted by Crippen LogP contribution is 2.34. The van der Waals surface area contributed by atoms with Crippen LogP contribution in [0.1, 0.15) is 21.7 Å². The number of carbonyl (C=O) groups is 2. The second-order valence-corrected chi connectivity index (χ2v) is 8.84. The molecule has 1 saturated heterocycles. The Morgan fingerprint density at radius 3 is 2.68 bits per heavy atom. The van der Waals surface area contributed by atoms with Gasteiger partial charge in [-0.15, -0.1) is 0 Å². The van der Waals surface area contributed by atoms with Gasteiger partial charge in [0.2, 0.25) is 0 Å². The topological polar surface area (TPSA) is 73.6 Å². The quantitative estimate of drug-likeness (QED) is 0.394. The number of halogens is 1. The highest BCUT2D eigenvalue weighted by atomic mass is 35.5. The van der Waals surface area contributed by atoms with Gasteiger partial charge < -0.3 is 14.3 Å². The molecule has 5 nitrogen and oxygen atoms in total. The van der Waals surface area contributed by atoms with E-state index in [-0.39, 0.29) is 16.5 Å². The van der Waals surface area contributed by atoms with Gasteiger partial charge in [0.05, 0.1) is 10.9 Å². The van der Waals surface area contributed by atoms with Crippen LogP contribution < -0.4 is 5.11 Å². The van der Waals surface area contributed by atoms with Crippen LogP contribution in [0.15, 0.2) is 70.0 Å². The summed E-state index contributed by atoms with van der Waals surface area (Å²) in [6, 6.07) is 17.8. The third kappa shape index (κ3) is 4.74. The molecule has 0 unspecified atom stereocenters. The summed E-state index contributed by atoms with van der Waals surface area (Å²) in [6.45, 7) is 0.506. The Morgan fingerprint density at radius 1 is 1.16 bits per heavy atom. The first-order chi connectivity index (χ1) is 14.9. The van der Waals surface area contributed by atoms with Gasteiger partial charge >= 0.3 is 0 Å². The first-order valence-corrected chi connectivity index (χ1v) is 10.9. The van der Waals surface area contributed by atoms with Gasteiger partial charge in [0, 0.05) is 28.8 Å². The fraction of sp³-hybridized carbons (Fsp3) is 0.0870. The van der Waals surface area contributed by atoms with Gasteiger partial charge in [-0.1, -0.05) is 65.9 Å². The number of hydrogen-bond acceptors (Lipinski definition) is 6. The normalized spacial score (nSPS) is 15.1. The molecule has 0 saturated carbocycles. The lowest BCUT2D eigenvalue weighted by atomic mass is 10.1. The van der Waals surface area contributed by atoms with Crippen molar-refractivity contribution in [1.82, 2.24) is 4.90 Å². The molecule has 1 fully saturated rings. The van der Waals surface area contributed by atoms with Gasteiger partial charge in [-0.2, -0.15) is 0 Å². The predicted octanol–water partition coefficient (Wildman–Crippen LogP) is 4.41. The minimum Gasteiger partial charge on any atom is -0.545 e. The smallest absolute Gasteiger partial charge is 0.266 e. The maximum Gasteiger partial charge on any atom is 0.266 e. The minimum absolute atomic E-state index is 0.0923. The van der Waals surface area contributed by atoms with Crippen molar-refractivity contribution in [3.8, 4) is 11.3 Å². The summed E-state index contributed by atoms with van der Waals surface area (Å²) >= 11 is 12.5. The van der Waals surface area contributed by atoms with Gasteiger partial charge in [-0.25, -0.2) is 0 Å². The third-order valence-corrected chi connectivity index (χ3v) is 6.42. The van der Waals surface area contributed by atoms with Crippen molar-refractivity contribution in [3.63, 3.8) is 0 Å². The average Bonchev–Trinajstić information content (AvgIpc) is 3.32. The number of benzene rings is 2. The number of nitrogens with zero attached hydrogens (tertiary/aromatic N) is 1. The lowest BCUT2D eigenvalue weighted by Crippen LogP contribution is -2.30. The number of carbonyl (C=O) groups excluding carboxylic acids is 2. The summed E-state index contributed by atoms with van der Waals surface area (Å²) in [7, 11) is 0. The molecule has 156 valence electrons. The standard InChI is InChI=1S/C23H16ClNO4S2/c24-18-8-6-15(12-17(18)22(27)28)19-9-7-16(29-19)13-20-21(26)25(23(30)31-20)11-10-14-4-2-1-3-5-14/h1-9,12-13H,10-11H2,(H,27,28)/p-1/b20-13-. The lowest BCUT2D eigenvalue weighted by molar-refractivity contribution is -0.255. The summed E-state index contributed by atoms with van der Waals surface area (Å²) in [5.74, 6) is -0.610. The van der Waals surface area contributed by atoms with E-state index in [2.05, 4.69) is 0 Å². The molecule has 2 heterocycles. The Labute approximate surface area is 193 Å². The zero-order chi connectivity index (χ0) is 22.0. The second kappa shape index (κ2) is 9.09. The zero-order valence-electron chi connectivity index (χ0n) is 16.0. The number of rotatable bonds is 6. The molecule has 1 amide bonds. The zero-order valence-corrected chi connectivity index (χ0v) is 18.4. The first kappa shape index (κ1) is 21.4. The van der Waals surface area contributed by atoms with Crippen LogP contribution in [0.5, 0.6) is 0 Å². The van der Waals surface area contributed by atoms with Crippen LogP contribution in [-0.4, -0.2) is 27.6 Å². The Hall–Kier alpha value is -2.87. The van der Waals surface area contributed by atoms with Gasteiger partial charge in [-0.05, 0) is 42.3 Å². The van der Waals surface area contributed by atoms with Crippen molar-refractivity contribution in [3.05, 3.63) is 87.5 Å². The molecule has 0 spiro atoms. The fourth-order valence-electron chi connectivity index (χ4n) is 3.13. The van der Waals surface area contributed by atoms with Gasteiger partial charge in [-0.3, -0.25) is 9.69 Å². The number of carboxylic acid groups (broad SMARTS) is 1. The molecular weight excluding hydrogens is 454 g/mol. The number of hydrogen-bond donors (Lipinski definition) is 0. The molecule has 0 radical (unpaired) electrons. The Morgan fingerprint density at radius 2 is 1.94 bits per heavy atom. The van der Waals surface area contributed by atoms with E-state index in [0.717, 1.165) is 5.56 Å². The minimum atomic E-state index is -1.36. The molecule has 0 bridgehead atoms. The Kier molecular flexibility index (Phi) is 6.27. The molecule has 1 aliphatic rings. The van der Waals surface area contributed by atoms with E-state index in [4.69, 9.17) is 28.2 Å². The maximum atomic E-state index is 12.8. The number of furan rings is 1. The van der Waals surface area contributed by atoms with Crippen molar-refractivity contribution >= 4 is 57.9 Å². The van der Waals surface area contributed by atoms with Crippen molar-refractivity contribution < 1.29 is 19.1 Å². The number of carboxylic acids is 1. The molecule has 0 aliphatic carbocycles. The van der Waals surface area contributed by atoms with Gasteiger partial charge in [0.1, 0.15) is 15.8 Å². The fourth-order valence-corrected chi connectivity index (χ4v) is 4.61. The lowest BCUT2D eigenvalue weighted by Gasteiger charge is -2.14. The third-order valence-electron chi connectivity index (χ3n) is 4.71. The largest absolute Gasteiger partial charge is 0.545 e. The summed E-state index contributed by atoms with van der Waals surface area (Å²) < 4.78 is 6.30. The molecule has 3 aromatic rings. The maximum absolute atomic E-state index is 12.8. The first-order valence-electron chi connectivity index (χ1n) is 9.33. The molecule has 2 aromatic carbocycles. The predicted molar refractivity (Wildman–Crippen MR) is 124 cm³/mol. The van der Waals surface area contributed by atoms with Crippen molar-refractivity contribution in [2.24, 2.45) is 0 Å². The highest BCUT2D eigenvalue weighted by Gasteiger charge is 2.31. The van der Waals surface area contributed by atoms with Crippen molar-refractivity contribution in [1.29, 1.82) is 0 Å². The highest BCUT2D eigenvalue weighted by molar-refractivity contribution is 8.26. The number of thiocarbonyl (C=S) groups is 1. The van der Waals surface area contributed by atoms with Crippen LogP contribution in [0.25, 0.3) is 17.4 Å². The Bertz CT molecular complexity index is 1200. The number of aromatic carboxylic acids is 1. The molecular formula is C23H15ClNO4S2-. The van der Waals surface area contributed by atoms with E-state index >= 15 is 0 Å². The SMILES string of the molecule is O=C([O-])c1cc(-c2ccc(/C=C3\SC(=S)N(CCc4ccccc4)C3=O)o2)ccc1Cl. The second-order valence-electron chi connectivity index (χ2n) is 6.75. The number of thioether (sulfide) groups is 1. The summed E-state index contributed by atoms with van der Waals surface area (Å²) in [4.78, 5) is 26.1. The summed E-state index contributed by atoms with van der Waals surface area (Å²) in [6.07, 6.45) is 2.35. The molecule has 31 heavy (non-hydrogen) atoms. The molecule has 0 atom stereocenters. The van der Waals surface area contributed by atoms with E-state index in [9.17, 15) is 14.7 Å². The van der Waals surface area contributed by atoms with Crippen LogP contribution >= 0.6 is 35.6 Å². The summed E-state index contributed by atoms with van der Waals surface area (Å²) in [5, 5.41) is 11.3. The van der Waals surface area contributed by atoms with E-state index in [1.54, 1.807) is 29.2 Å².